The molecule has 24 heavy (non-hydrogen) atoms. The Morgan fingerprint density at radius 3 is 2.17 bits per heavy atom. The van der Waals surface area contributed by atoms with Crippen LogP contribution >= 0.6 is 0 Å². The number of amides is 1. The number of hydrogen-bond donors (Lipinski definition) is 1. The maximum atomic E-state index is 12.5. The van der Waals surface area contributed by atoms with Crippen LogP contribution < -0.4 is 5.32 Å². The van der Waals surface area contributed by atoms with Crippen molar-refractivity contribution in [2.75, 3.05) is 5.32 Å². The number of anilines is 1. The van der Waals surface area contributed by atoms with Gasteiger partial charge in [0.15, 0.2) is 0 Å². The van der Waals surface area contributed by atoms with Crippen molar-refractivity contribution in [3.63, 3.8) is 0 Å². The van der Waals surface area contributed by atoms with Crippen molar-refractivity contribution >= 4 is 17.6 Å². The van der Waals surface area contributed by atoms with Crippen LogP contribution in [0.1, 0.15) is 49.0 Å². The van der Waals surface area contributed by atoms with E-state index >= 15 is 0 Å². The van der Waals surface area contributed by atoms with Gasteiger partial charge >= 0.3 is 5.97 Å². The van der Waals surface area contributed by atoms with Gasteiger partial charge in [0.1, 0.15) is 0 Å². The molecular formula is C20H23NO3. The Balaban J connectivity index is 2.05. The summed E-state index contributed by atoms with van der Waals surface area (Å²) in [6, 6.07) is 16.5. The number of carbonyl (C=O) groups excluding carboxylic acids is 2. The number of benzene rings is 2. The highest BCUT2D eigenvalue weighted by Crippen LogP contribution is 2.21. The van der Waals surface area contributed by atoms with E-state index < -0.39 is 0 Å². The Hall–Kier alpha value is -2.62. The van der Waals surface area contributed by atoms with Gasteiger partial charge in [-0.1, -0.05) is 37.3 Å². The SMILES string of the molecule is CC[C@@H](C(=O)Nc1ccc(C(=O)OC(C)C)cc1)c1ccccc1. The Labute approximate surface area is 142 Å². The van der Waals surface area contributed by atoms with Crippen LogP contribution in [0.15, 0.2) is 54.6 Å². The second-order valence-corrected chi connectivity index (χ2v) is 5.89. The number of rotatable bonds is 6. The highest BCUT2D eigenvalue weighted by Gasteiger charge is 2.18. The molecule has 0 saturated carbocycles. The molecule has 0 aliphatic rings. The molecule has 2 rings (SSSR count). The van der Waals surface area contributed by atoms with Crippen LogP contribution in [0.2, 0.25) is 0 Å². The van der Waals surface area contributed by atoms with Crippen molar-refractivity contribution in [3.05, 3.63) is 65.7 Å². The zero-order valence-electron chi connectivity index (χ0n) is 14.3. The first-order valence-corrected chi connectivity index (χ1v) is 8.18. The highest BCUT2D eigenvalue weighted by atomic mass is 16.5. The van der Waals surface area contributed by atoms with Crippen LogP contribution in [0.4, 0.5) is 5.69 Å². The molecule has 0 radical (unpaired) electrons. The Morgan fingerprint density at radius 2 is 1.62 bits per heavy atom. The van der Waals surface area contributed by atoms with E-state index in [1.54, 1.807) is 38.1 Å². The monoisotopic (exact) mass is 325 g/mol. The lowest BCUT2D eigenvalue weighted by molar-refractivity contribution is -0.117. The summed E-state index contributed by atoms with van der Waals surface area (Å²) in [5.41, 5.74) is 2.13. The zero-order valence-corrected chi connectivity index (χ0v) is 14.3. The van der Waals surface area contributed by atoms with Gasteiger partial charge in [0.05, 0.1) is 17.6 Å². The van der Waals surface area contributed by atoms with E-state index in [0.717, 1.165) is 5.56 Å². The molecule has 0 unspecified atom stereocenters. The lowest BCUT2D eigenvalue weighted by atomic mass is 9.95. The van der Waals surface area contributed by atoms with E-state index in [9.17, 15) is 9.59 Å². The molecule has 2 aromatic carbocycles. The minimum atomic E-state index is -0.362. The number of nitrogens with one attached hydrogen (secondary N) is 1. The van der Waals surface area contributed by atoms with E-state index in [2.05, 4.69) is 5.32 Å². The van der Waals surface area contributed by atoms with Gasteiger partial charge in [0, 0.05) is 5.69 Å². The molecule has 0 fully saturated rings. The topological polar surface area (TPSA) is 55.4 Å². The molecule has 0 spiro atoms. The molecule has 1 N–H and O–H groups in total. The van der Waals surface area contributed by atoms with Crippen LogP contribution in [-0.2, 0) is 9.53 Å². The molecule has 126 valence electrons. The lowest BCUT2D eigenvalue weighted by Crippen LogP contribution is -2.20. The molecule has 1 amide bonds. The largest absolute Gasteiger partial charge is 0.459 e. The van der Waals surface area contributed by atoms with Gasteiger partial charge < -0.3 is 10.1 Å². The van der Waals surface area contributed by atoms with Crippen molar-refractivity contribution < 1.29 is 14.3 Å². The lowest BCUT2D eigenvalue weighted by Gasteiger charge is -2.15. The van der Waals surface area contributed by atoms with Gasteiger partial charge in [0.25, 0.3) is 0 Å². The average molecular weight is 325 g/mol. The second kappa shape index (κ2) is 8.29. The Kier molecular flexibility index (Phi) is 6.13. The van der Waals surface area contributed by atoms with Gasteiger partial charge in [-0.2, -0.15) is 0 Å². The maximum Gasteiger partial charge on any atom is 0.338 e. The summed E-state index contributed by atoms with van der Waals surface area (Å²) in [7, 11) is 0. The molecule has 0 aliphatic carbocycles. The number of carbonyl (C=O) groups is 2. The number of hydrogen-bond acceptors (Lipinski definition) is 3. The fraction of sp³-hybridized carbons (Fsp3) is 0.300. The van der Waals surface area contributed by atoms with Crippen molar-refractivity contribution in [1.29, 1.82) is 0 Å². The Bertz CT molecular complexity index is 678. The summed E-state index contributed by atoms with van der Waals surface area (Å²) in [5.74, 6) is -0.614. The van der Waals surface area contributed by atoms with Crippen LogP contribution in [0.25, 0.3) is 0 Å². The molecule has 0 aliphatic heterocycles. The smallest absolute Gasteiger partial charge is 0.338 e. The van der Waals surface area contributed by atoms with E-state index in [0.29, 0.717) is 17.7 Å². The van der Waals surface area contributed by atoms with Crippen molar-refractivity contribution in [3.8, 4) is 0 Å². The van der Waals surface area contributed by atoms with E-state index in [4.69, 9.17) is 4.74 Å². The minimum absolute atomic E-state index is 0.0544. The minimum Gasteiger partial charge on any atom is -0.459 e. The van der Waals surface area contributed by atoms with Gasteiger partial charge in [-0.3, -0.25) is 4.79 Å². The fourth-order valence-corrected chi connectivity index (χ4v) is 2.46. The highest BCUT2D eigenvalue weighted by molar-refractivity contribution is 5.96. The van der Waals surface area contributed by atoms with Crippen molar-refractivity contribution in [2.24, 2.45) is 0 Å². The normalized spacial score (nSPS) is 11.8. The first-order chi connectivity index (χ1) is 11.5. The third kappa shape index (κ3) is 4.69. The summed E-state index contributed by atoms with van der Waals surface area (Å²) in [5, 5.41) is 2.91. The van der Waals surface area contributed by atoms with E-state index in [-0.39, 0.29) is 23.9 Å². The second-order valence-electron chi connectivity index (χ2n) is 5.89. The maximum absolute atomic E-state index is 12.5. The predicted octanol–water partition coefficient (Wildman–Crippen LogP) is 4.38. The molecule has 1 atom stereocenters. The number of esters is 1. The fourth-order valence-electron chi connectivity index (χ4n) is 2.46. The summed E-state index contributed by atoms with van der Waals surface area (Å²) in [6.45, 7) is 5.60. The third-order valence-electron chi connectivity index (χ3n) is 3.66. The van der Waals surface area contributed by atoms with Crippen LogP contribution in [0.5, 0.6) is 0 Å². The van der Waals surface area contributed by atoms with Crippen molar-refractivity contribution in [2.45, 2.75) is 39.2 Å². The summed E-state index contributed by atoms with van der Waals surface area (Å²) < 4.78 is 5.14. The van der Waals surface area contributed by atoms with Gasteiger partial charge in [-0.25, -0.2) is 4.79 Å². The van der Waals surface area contributed by atoms with Crippen LogP contribution in [0, 0.1) is 0 Å². The average Bonchev–Trinajstić information content (AvgIpc) is 2.56. The van der Waals surface area contributed by atoms with Gasteiger partial charge in [-0.15, -0.1) is 0 Å². The molecule has 0 saturated heterocycles. The Morgan fingerprint density at radius 1 is 1.00 bits per heavy atom. The van der Waals surface area contributed by atoms with Gasteiger partial charge in [0.2, 0.25) is 5.91 Å². The quantitative estimate of drug-likeness (QED) is 0.802. The summed E-state index contributed by atoms with van der Waals surface area (Å²) >= 11 is 0. The van der Waals surface area contributed by atoms with Crippen LogP contribution in [0.3, 0.4) is 0 Å². The number of ether oxygens (including phenoxy) is 1. The molecule has 0 aromatic heterocycles. The third-order valence-corrected chi connectivity index (χ3v) is 3.66. The van der Waals surface area contributed by atoms with Crippen molar-refractivity contribution in [1.82, 2.24) is 0 Å². The van der Waals surface area contributed by atoms with Crippen LogP contribution in [-0.4, -0.2) is 18.0 Å². The molecule has 4 heteroatoms. The standard InChI is InChI=1S/C20H23NO3/c1-4-18(15-8-6-5-7-9-15)19(22)21-17-12-10-16(11-13-17)20(23)24-14(2)3/h5-14,18H,4H2,1-3H3,(H,21,22)/t18-/m1/s1. The summed E-state index contributed by atoms with van der Waals surface area (Å²) in [6.07, 6.45) is 0.558. The molecule has 2 aromatic rings. The molecular weight excluding hydrogens is 302 g/mol. The first-order valence-electron chi connectivity index (χ1n) is 8.18. The van der Waals surface area contributed by atoms with Gasteiger partial charge in [-0.05, 0) is 50.1 Å². The predicted molar refractivity (Wildman–Crippen MR) is 95.1 cm³/mol. The molecule has 0 heterocycles. The van der Waals surface area contributed by atoms with E-state index in [1.807, 2.05) is 37.3 Å². The molecule has 0 bridgehead atoms. The van der Waals surface area contributed by atoms with E-state index in [1.165, 1.54) is 0 Å². The summed E-state index contributed by atoms with van der Waals surface area (Å²) in [4.78, 5) is 24.3. The molecule has 4 nitrogen and oxygen atoms in total. The first kappa shape index (κ1) is 17.7. The zero-order chi connectivity index (χ0) is 17.5.